The second kappa shape index (κ2) is 3.26. The second-order valence-corrected chi connectivity index (χ2v) is 5.41. The molecule has 0 saturated carbocycles. The summed E-state index contributed by atoms with van der Waals surface area (Å²) in [6.07, 6.45) is 0.970. The Bertz CT molecular complexity index is 193. The minimum Gasteiger partial charge on any atom is -0.480 e. The topological polar surface area (TPSA) is 49.3 Å². The maximum atomic E-state index is 10.8. The highest BCUT2D eigenvalue weighted by atomic mass is 32.2. The first-order valence-electron chi connectivity index (χ1n) is 4.14. The molecule has 0 radical (unpaired) electrons. The minimum atomic E-state index is -0.747. The summed E-state index contributed by atoms with van der Waals surface area (Å²) >= 11 is 1.71. The van der Waals surface area contributed by atoms with E-state index in [0.717, 1.165) is 6.42 Å². The monoisotopic (exact) mass is 189 g/mol. The number of hydrogen-bond acceptors (Lipinski definition) is 3. The molecule has 0 aliphatic carbocycles. The Labute approximate surface area is 76.9 Å². The van der Waals surface area contributed by atoms with Crippen molar-refractivity contribution in [3.05, 3.63) is 0 Å². The van der Waals surface area contributed by atoms with Crippen LogP contribution in [-0.4, -0.2) is 27.2 Å². The van der Waals surface area contributed by atoms with E-state index < -0.39 is 12.0 Å². The van der Waals surface area contributed by atoms with Gasteiger partial charge in [-0.2, -0.15) is 0 Å². The highest BCUT2D eigenvalue weighted by Crippen LogP contribution is 2.38. The van der Waals surface area contributed by atoms with Gasteiger partial charge >= 0.3 is 5.97 Å². The highest BCUT2D eigenvalue weighted by molar-refractivity contribution is 8.01. The predicted octanol–water partition coefficient (Wildman–Crippen LogP) is 1.29. The van der Waals surface area contributed by atoms with Crippen molar-refractivity contribution in [2.45, 2.75) is 43.4 Å². The number of rotatable bonds is 2. The van der Waals surface area contributed by atoms with E-state index in [1.165, 1.54) is 0 Å². The Balaban J connectivity index is 2.70. The van der Waals surface area contributed by atoms with E-state index in [0.29, 0.717) is 5.37 Å². The van der Waals surface area contributed by atoms with Gasteiger partial charge in [-0.05, 0) is 20.3 Å². The van der Waals surface area contributed by atoms with E-state index in [1.54, 1.807) is 11.8 Å². The third kappa shape index (κ3) is 1.75. The molecule has 0 aromatic carbocycles. The number of carbonyl (C=O) groups is 1. The van der Waals surface area contributed by atoms with Crippen LogP contribution in [0.2, 0.25) is 0 Å². The van der Waals surface area contributed by atoms with Crippen LogP contribution in [0.4, 0.5) is 0 Å². The molecule has 2 unspecified atom stereocenters. The molecular weight excluding hydrogens is 174 g/mol. The van der Waals surface area contributed by atoms with E-state index >= 15 is 0 Å². The smallest absolute Gasteiger partial charge is 0.322 e. The molecule has 2 atom stereocenters. The van der Waals surface area contributed by atoms with Crippen LogP contribution in [0.1, 0.15) is 27.2 Å². The first kappa shape index (κ1) is 9.86. The van der Waals surface area contributed by atoms with Gasteiger partial charge in [0.05, 0.1) is 5.37 Å². The predicted molar refractivity (Wildman–Crippen MR) is 50.3 cm³/mol. The van der Waals surface area contributed by atoms with Crippen molar-refractivity contribution in [2.24, 2.45) is 0 Å². The fourth-order valence-electron chi connectivity index (χ4n) is 1.43. The van der Waals surface area contributed by atoms with Crippen molar-refractivity contribution in [3.8, 4) is 0 Å². The highest BCUT2D eigenvalue weighted by Gasteiger charge is 2.44. The van der Waals surface area contributed by atoms with Crippen molar-refractivity contribution in [1.29, 1.82) is 0 Å². The summed E-state index contributed by atoms with van der Waals surface area (Å²) in [5, 5.41) is 12.3. The molecule has 3 nitrogen and oxygen atoms in total. The molecule has 1 saturated heterocycles. The van der Waals surface area contributed by atoms with Crippen LogP contribution < -0.4 is 5.32 Å². The van der Waals surface area contributed by atoms with E-state index in [4.69, 9.17) is 5.11 Å². The van der Waals surface area contributed by atoms with Gasteiger partial charge in [-0.3, -0.25) is 10.1 Å². The Kier molecular flexibility index (Phi) is 2.68. The van der Waals surface area contributed by atoms with Crippen molar-refractivity contribution < 1.29 is 9.90 Å². The zero-order chi connectivity index (χ0) is 9.35. The zero-order valence-corrected chi connectivity index (χ0v) is 8.44. The normalized spacial score (nSPS) is 33.6. The minimum absolute atomic E-state index is 0.188. The lowest BCUT2D eigenvalue weighted by Crippen LogP contribution is -2.44. The van der Waals surface area contributed by atoms with Gasteiger partial charge < -0.3 is 5.11 Å². The number of hydrogen-bond donors (Lipinski definition) is 2. The van der Waals surface area contributed by atoms with E-state index in [1.807, 2.05) is 13.8 Å². The van der Waals surface area contributed by atoms with Gasteiger partial charge in [0.2, 0.25) is 0 Å². The fraction of sp³-hybridized carbons (Fsp3) is 0.875. The molecular formula is C8H15NO2S. The molecule has 1 aliphatic rings. The van der Waals surface area contributed by atoms with E-state index in [9.17, 15) is 4.79 Å². The molecule has 0 aromatic rings. The largest absolute Gasteiger partial charge is 0.480 e. The zero-order valence-electron chi connectivity index (χ0n) is 7.63. The molecule has 70 valence electrons. The third-order valence-corrected chi connectivity index (χ3v) is 3.71. The molecule has 0 amide bonds. The summed E-state index contributed by atoms with van der Waals surface area (Å²) in [6.45, 7) is 6.00. The number of nitrogens with one attached hydrogen (secondary N) is 1. The Morgan fingerprint density at radius 2 is 2.25 bits per heavy atom. The number of aliphatic carboxylic acids is 1. The van der Waals surface area contributed by atoms with Crippen LogP contribution in [0, 0.1) is 0 Å². The van der Waals surface area contributed by atoms with Crippen LogP contribution >= 0.6 is 11.8 Å². The Morgan fingerprint density at radius 1 is 1.67 bits per heavy atom. The molecule has 0 bridgehead atoms. The van der Waals surface area contributed by atoms with Crippen LogP contribution in [0.5, 0.6) is 0 Å². The molecule has 0 aromatic heterocycles. The molecule has 4 heteroatoms. The molecule has 12 heavy (non-hydrogen) atoms. The number of thioether (sulfide) groups is 1. The SMILES string of the molecule is CCC1NC(C(=O)O)C(C)(C)S1. The average molecular weight is 189 g/mol. The summed E-state index contributed by atoms with van der Waals surface area (Å²) in [5.74, 6) is -0.747. The summed E-state index contributed by atoms with van der Waals surface area (Å²) < 4.78 is -0.188. The quantitative estimate of drug-likeness (QED) is 0.687. The Hall–Kier alpha value is -0.220. The summed E-state index contributed by atoms with van der Waals surface area (Å²) in [5.41, 5.74) is 0. The maximum absolute atomic E-state index is 10.8. The van der Waals surface area contributed by atoms with Crippen LogP contribution in [0.15, 0.2) is 0 Å². The van der Waals surface area contributed by atoms with Crippen molar-refractivity contribution in [1.82, 2.24) is 5.32 Å². The lowest BCUT2D eigenvalue weighted by atomic mass is 10.0. The second-order valence-electron chi connectivity index (χ2n) is 3.56. The van der Waals surface area contributed by atoms with Gasteiger partial charge in [-0.15, -0.1) is 11.8 Å². The Morgan fingerprint density at radius 3 is 2.50 bits per heavy atom. The van der Waals surface area contributed by atoms with Gasteiger partial charge in [0, 0.05) is 4.75 Å². The summed E-state index contributed by atoms with van der Waals surface area (Å²) in [4.78, 5) is 10.8. The molecule has 0 spiro atoms. The molecule has 1 rings (SSSR count). The van der Waals surface area contributed by atoms with Gasteiger partial charge in [0.1, 0.15) is 6.04 Å². The maximum Gasteiger partial charge on any atom is 0.322 e. The van der Waals surface area contributed by atoms with Crippen molar-refractivity contribution in [3.63, 3.8) is 0 Å². The molecule has 1 aliphatic heterocycles. The molecule has 1 heterocycles. The number of carboxylic acid groups (broad SMARTS) is 1. The van der Waals surface area contributed by atoms with Gasteiger partial charge in [0.15, 0.2) is 0 Å². The van der Waals surface area contributed by atoms with Gasteiger partial charge in [-0.1, -0.05) is 6.92 Å². The van der Waals surface area contributed by atoms with Crippen molar-refractivity contribution in [2.75, 3.05) is 0 Å². The first-order chi connectivity index (χ1) is 5.47. The standard InChI is InChI=1S/C8H15NO2S/c1-4-5-9-6(7(10)11)8(2,3)12-5/h5-6,9H,4H2,1-3H3,(H,10,11). The lowest BCUT2D eigenvalue weighted by molar-refractivity contribution is -0.139. The molecule has 1 fully saturated rings. The van der Waals surface area contributed by atoms with Crippen molar-refractivity contribution >= 4 is 17.7 Å². The summed E-state index contributed by atoms with van der Waals surface area (Å²) in [7, 11) is 0. The first-order valence-corrected chi connectivity index (χ1v) is 5.02. The molecule has 2 N–H and O–H groups in total. The van der Waals surface area contributed by atoms with E-state index in [2.05, 4.69) is 12.2 Å². The van der Waals surface area contributed by atoms with E-state index in [-0.39, 0.29) is 4.75 Å². The van der Waals surface area contributed by atoms with Crippen LogP contribution in [0.3, 0.4) is 0 Å². The average Bonchev–Trinajstić information content (AvgIpc) is 2.25. The van der Waals surface area contributed by atoms with Gasteiger partial charge in [-0.25, -0.2) is 0 Å². The van der Waals surface area contributed by atoms with Gasteiger partial charge in [0.25, 0.3) is 0 Å². The van der Waals surface area contributed by atoms with Crippen LogP contribution in [0.25, 0.3) is 0 Å². The fourth-order valence-corrected chi connectivity index (χ4v) is 2.83. The number of carboxylic acids is 1. The third-order valence-electron chi connectivity index (χ3n) is 2.11. The summed E-state index contributed by atoms with van der Waals surface area (Å²) in [6, 6.07) is -0.410. The van der Waals surface area contributed by atoms with Crippen LogP contribution in [-0.2, 0) is 4.79 Å². The lowest BCUT2D eigenvalue weighted by Gasteiger charge is -2.20.